The van der Waals surface area contributed by atoms with Crippen molar-refractivity contribution in [1.29, 1.82) is 0 Å². The number of halogens is 4. The third-order valence-corrected chi connectivity index (χ3v) is 8.96. The molecule has 1 saturated heterocycles. The van der Waals surface area contributed by atoms with E-state index in [0.29, 0.717) is 18.5 Å². The molecule has 2 aromatic rings. The second-order valence-corrected chi connectivity index (χ2v) is 13.1. The normalized spacial score (nSPS) is 30.1. The number of carbonyl (C=O) groups excluding carboxylic acids is 3. The molecule has 14 heteroatoms. The van der Waals surface area contributed by atoms with E-state index >= 15 is 17.6 Å². The van der Waals surface area contributed by atoms with Crippen molar-refractivity contribution in [2.45, 2.75) is 95.9 Å². The van der Waals surface area contributed by atoms with Crippen LogP contribution in [0, 0.1) is 17.3 Å². The number of alkyl carbamates (subject to hydrolysis) is 1. The fraction of sp³-hybridized carbons (Fsp3) is 0.645. The fourth-order valence-corrected chi connectivity index (χ4v) is 6.21. The van der Waals surface area contributed by atoms with Gasteiger partial charge >= 0.3 is 17.9 Å². The molecular weight excluding hydrogens is 600 g/mol. The van der Waals surface area contributed by atoms with E-state index < -0.39 is 77.5 Å². The highest BCUT2D eigenvalue weighted by molar-refractivity contribution is 5.89. The van der Waals surface area contributed by atoms with E-state index in [0.717, 1.165) is 0 Å². The molecule has 1 aromatic carbocycles. The van der Waals surface area contributed by atoms with Crippen molar-refractivity contribution in [1.82, 2.24) is 20.2 Å². The number of amides is 2. The topological polar surface area (TPSA) is 120 Å². The van der Waals surface area contributed by atoms with Gasteiger partial charge in [0, 0.05) is 18.4 Å². The molecule has 0 unspecified atom stereocenters. The van der Waals surface area contributed by atoms with E-state index in [1.807, 2.05) is 0 Å². The van der Waals surface area contributed by atoms with Crippen molar-refractivity contribution in [2.75, 3.05) is 13.7 Å². The molecule has 0 radical (unpaired) electrons. The zero-order valence-corrected chi connectivity index (χ0v) is 25.8. The van der Waals surface area contributed by atoms with E-state index in [1.54, 1.807) is 27.7 Å². The SMILES string of the molecule is CC[C@@H]1[C@@H]2CN(C(=O)[C@H](C(C)(C)C)NC(=O)O[C@@H]3C[C@H]3CCCC(F)(F)C(F)(F)c3nc4ccc(OC)cc4nc3O2)[C@@H]1C=O. The number of nitrogens with one attached hydrogen (secondary N) is 1. The maximum atomic E-state index is 15.9. The molecule has 1 saturated carbocycles. The number of nitrogens with zero attached hydrogens (tertiary/aromatic N) is 3. The lowest BCUT2D eigenvalue weighted by Crippen LogP contribution is -2.56. The molecule has 3 heterocycles. The van der Waals surface area contributed by atoms with E-state index in [4.69, 9.17) is 14.2 Å². The van der Waals surface area contributed by atoms with Crippen LogP contribution in [0.3, 0.4) is 0 Å². The summed E-state index contributed by atoms with van der Waals surface area (Å²) in [6.07, 6.45) is -2.59. The van der Waals surface area contributed by atoms with Crippen LogP contribution in [-0.2, 0) is 20.2 Å². The zero-order chi connectivity index (χ0) is 32.9. The van der Waals surface area contributed by atoms with Gasteiger partial charge in [-0.1, -0.05) is 27.7 Å². The van der Waals surface area contributed by atoms with E-state index in [9.17, 15) is 14.4 Å². The summed E-state index contributed by atoms with van der Waals surface area (Å²) in [4.78, 5) is 48.6. The van der Waals surface area contributed by atoms with Crippen LogP contribution in [0.1, 0.15) is 65.5 Å². The lowest BCUT2D eigenvalue weighted by molar-refractivity contribution is -0.223. The molecule has 1 N–H and O–H groups in total. The summed E-state index contributed by atoms with van der Waals surface area (Å²) in [6.45, 7) is 6.70. The Kier molecular flexibility index (Phi) is 8.64. The molecule has 0 spiro atoms. The maximum Gasteiger partial charge on any atom is 0.408 e. The number of ether oxygens (including phenoxy) is 3. The Balaban J connectivity index is 1.62. The van der Waals surface area contributed by atoms with E-state index in [-0.39, 0.29) is 42.8 Å². The molecular formula is C31H38F4N4O6. The third-order valence-electron chi connectivity index (χ3n) is 8.96. The second kappa shape index (κ2) is 11.9. The van der Waals surface area contributed by atoms with Crippen molar-refractivity contribution in [3.8, 4) is 11.6 Å². The monoisotopic (exact) mass is 638 g/mol. The van der Waals surface area contributed by atoms with Gasteiger partial charge in [-0.2, -0.15) is 17.6 Å². The molecule has 10 nitrogen and oxygen atoms in total. The number of methoxy groups -OCH3 is 1. The maximum absolute atomic E-state index is 15.9. The highest BCUT2D eigenvalue weighted by Gasteiger charge is 2.60. The summed E-state index contributed by atoms with van der Waals surface area (Å²) in [5.74, 6) is -11.4. The van der Waals surface area contributed by atoms with Crippen LogP contribution in [0.15, 0.2) is 18.2 Å². The molecule has 3 aliphatic rings. The minimum absolute atomic E-state index is 0.0653. The first kappa shape index (κ1) is 32.7. The molecule has 2 fully saturated rings. The summed E-state index contributed by atoms with van der Waals surface area (Å²) >= 11 is 0. The van der Waals surface area contributed by atoms with Crippen molar-refractivity contribution >= 4 is 29.3 Å². The van der Waals surface area contributed by atoms with Gasteiger partial charge in [0.2, 0.25) is 11.8 Å². The van der Waals surface area contributed by atoms with Crippen molar-refractivity contribution in [3.63, 3.8) is 0 Å². The molecule has 1 aromatic heterocycles. The van der Waals surface area contributed by atoms with Gasteiger partial charge in [-0.3, -0.25) is 4.79 Å². The van der Waals surface area contributed by atoms with Crippen LogP contribution < -0.4 is 14.8 Å². The van der Waals surface area contributed by atoms with Crippen LogP contribution in [0.4, 0.5) is 22.4 Å². The zero-order valence-electron chi connectivity index (χ0n) is 25.8. The first-order chi connectivity index (χ1) is 21.1. The smallest absolute Gasteiger partial charge is 0.408 e. The average Bonchev–Trinajstić information content (AvgIpc) is 3.60. The second-order valence-electron chi connectivity index (χ2n) is 13.1. The van der Waals surface area contributed by atoms with Gasteiger partial charge in [0.05, 0.1) is 30.7 Å². The molecule has 2 aliphatic heterocycles. The van der Waals surface area contributed by atoms with Crippen LogP contribution >= 0.6 is 0 Å². The summed E-state index contributed by atoms with van der Waals surface area (Å²) in [5.41, 5.74) is -2.15. The molecule has 6 atom stereocenters. The highest BCUT2D eigenvalue weighted by Crippen LogP contribution is 2.49. The number of carbonyl (C=O) groups is 3. The fourth-order valence-electron chi connectivity index (χ4n) is 6.21. The number of fused-ring (bicyclic) bond motifs is 5. The predicted octanol–water partition coefficient (Wildman–Crippen LogP) is 5.26. The number of hydrogen-bond donors (Lipinski definition) is 1. The van der Waals surface area contributed by atoms with Gasteiger partial charge in [0.15, 0.2) is 5.69 Å². The molecule has 5 rings (SSSR count). The van der Waals surface area contributed by atoms with Crippen molar-refractivity contribution < 1.29 is 46.2 Å². The summed E-state index contributed by atoms with van der Waals surface area (Å²) in [7, 11) is 1.40. The molecule has 45 heavy (non-hydrogen) atoms. The lowest BCUT2D eigenvalue weighted by atomic mass is 9.85. The number of alkyl halides is 4. The van der Waals surface area contributed by atoms with Crippen LogP contribution in [-0.4, -0.2) is 77.0 Å². The first-order valence-electron chi connectivity index (χ1n) is 15.1. The van der Waals surface area contributed by atoms with Crippen LogP contribution in [0.5, 0.6) is 11.6 Å². The number of benzene rings is 1. The Morgan fingerprint density at radius 3 is 2.49 bits per heavy atom. The Labute approximate surface area is 258 Å². The van der Waals surface area contributed by atoms with Crippen molar-refractivity contribution in [3.05, 3.63) is 23.9 Å². The van der Waals surface area contributed by atoms with Crippen LogP contribution in [0.25, 0.3) is 11.0 Å². The number of aldehydes is 1. The van der Waals surface area contributed by atoms with Crippen LogP contribution in [0.2, 0.25) is 0 Å². The van der Waals surface area contributed by atoms with E-state index in [1.165, 1.54) is 30.2 Å². The minimum Gasteiger partial charge on any atom is -0.497 e. The molecule has 246 valence electrons. The summed E-state index contributed by atoms with van der Waals surface area (Å²) in [5, 5.41) is 2.64. The van der Waals surface area contributed by atoms with Crippen molar-refractivity contribution in [2.24, 2.45) is 17.3 Å². The lowest BCUT2D eigenvalue weighted by Gasteiger charge is -2.34. The summed E-state index contributed by atoms with van der Waals surface area (Å²) in [6, 6.07) is 2.04. The molecule has 2 amide bonds. The highest BCUT2D eigenvalue weighted by atomic mass is 19.3. The average molecular weight is 639 g/mol. The van der Waals surface area contributed by atoms with E-state index in [2.05, 4.69) is 15.3 Å². The van der Waals surface area contributed by atoms with Gasteiger partial charge in [-0.25, -0.2) is 14.8 Å². The number of hydrogen-bond acceptors (Lipinski definition) is 8. The Hall–Kier alpha value is -3.71. The quantitative estimate of drug-likeness (QED) is 0.357. The Morgan fingerprint density at radius 1 is 1.11 bits per heavy atom. The Bertz CT molecular complexity index is 1470. The summed E-state index contributed by atoms with van der Waals surface area (Å²) < 4.78 is 79.2. The minimum atomic E-state index is -4.79. The largest absolute Gasteiger partial charge is 0.497 e. The van der Waals surface area contributed by atoms with Gasteiger partial charge in [0.1, 0.15) is 30.3 Å². The van der Waals surface area contributed by atoms with Gasteiger partial charge in [-0.05, 0) is 49.1 Å². The number of rotatable bonds is 3. The molecule has 2 bridgehead atoms. The molecule has 1 aliphatic carbocycles. The van der Waals surface area contributed by atoms with Gasteiger partial charge < -0.3 is 29.2 Å². The predicted molar refractivity (Wildman–Crippen MR) is 153 cm³/mol. The third kappa shape index (κ3) is 6.24. The first-order valence-corrected chi connectivity index (χ1v) is 15.1. The standard InChI is InChI=1S/C31H38F4N4O6/c1-6-18-21(15-40)39-14-23(18)44-26-24(36-19-10-9-17(43-5)13-20(19)37-26)31(34,35)30(32,33)11-7-8-16-12-22(16)45-28(42)38-25(27(39)41)29(2,3)4/h9-10,13,15-16,18,21-23,25H,6-8,11-12,14H2,1-5H3,(H,38,42)/t16-,18+,21-,22-,23+,25-/m1/s1. The number of aromatic nitrogens is 2. The van der Waals surface area contributed by atoms with Gasteiger partial charge in [-0.15, -0.1) is 0 Å². The Morgan fingerprint density at radius 2 is 1.84 bits per heavy atom. The van der Waals surface area contributed by atoms with Gasteiger partial charge in [0.25, 0.3) is 0 Å².